The number of aryl methyl sites for hydroxylation is 1. The zero-order valence-corrected chi connectivity index (χ0v) is 20.7. The van der Waals surface area contributed by atoms with E-state index in [0.29, 0.717) is 27.1 Å². The Balaban J connectivity index is 1.52. The smallest absolute Gasteiger partial charge is 0.228 e. The third kappa shape index (κ3) is 3.92. The normalized spacial score (nSPS) is 15.8. The Hall–Kier alpha value is -3.05. The summed E-state index contributed by atoms with van der Waals surface area (Å²) >= 11 is 7.64. The number of nitriles is 1. The molecule has 0 unspecified atom stereocenters. The van der Waals surface area contributed by atoms with Crippen LogP contribution in [0, 0.1) is 11.3 Å². The van der Waals surface area contributed by atoms with Gasteiger partial charge in [-0.25, -0.2) is 18.4 Å². The maximum atomic E-state index is 12.2. The molecule has 0 bridgehead atoms. The van der Waals surface area contributed by atoms with Crippen molar-refractivity contribution in [2.24, 2.45) is 7.05 Å². The Bertz CT molecular complexity index is 1530. The van der Waals surface area contributed by atoms with E-state index in [1.165, 1.54) is 15.6 Å². The fourth-order valence-corrected chi connectivity index (χ4v) is 6.35. The van der Waals surface area contributed by atoms with Gasteiger partial charge in [0.2, 0.25) is 16.0 Å². The molecule has 0 amide bonds. The van der Waals surface area contributed by atoms with E-state index >= 15 is 0 Å². The van der Waals surface area contributed by atoms with Crippen LogP contribution in [0.4, 0.5) is 11.6 Å². The van der Waals surface area contributed by atoms with E-state index < -0.39 is 15.6 Å². The van der Waals surface area contributed by atoms with Crippen LogP contribution in [0.2, 0.25) is 4.34 Å². The summed E-state index contributed by atoms with van der Waals surface area (Å²) in [7, 11) is -1.51. The van der Waals surface area contributed by atoms with Gasteiger partial charge in [0, 0.05) is 38.1 Å². The van der Waals surface area contributed by atoms with Crippen molar-refractivity contribution in [3.63, 3.8) is 0 Å². The average molecular weight is 518 g/mol. The van der Waals surface area contributed by atoms with Crippen molar-refractivity contribution in [3.8, 4) is 17.3 Å². The van der Waals surface area contributed by atoms with Gasteiger partial charge in [-0.1, -0.05) is 11.6 Å². The van der Waals surface area contributed by atoms with Crippen LogP contribution in [0.25, 0.3) is 21.5 Å². The molecule has 34 heavy (non-hydrogen) atoms. The predicted octanol–water partition coefficient (Wildman–Crippen LogP) is 2.96. The average Bonchev–Trinajstić information content (AvgIpc) is 3.49. The molecule has 1 saturated heterocycles. The van der Waals surface area contributed by atoms with E-state index in [0.717, 1.165) is 10.4 Å². The highest BCUT2D eigenvalue weighted by molar-refractivity contribution is 7.89. The molecule has 11 nitrogen and oxygen atoms in total. The van der Waals surface area contributed by atoms with E-state index in [-0.39, 0.29) is 25.3 Å². The number of anilines is 2. The lowest BCUT2D eigenvalue weighted by Gasteiger charge is -2.47. The van der Waals surface area contributed by atoms with Gasteiger partial charge in [0.25, 0.3) is 0 Å². The largest absolute Gasteiger partial charge is 0.321 e. The Morgan fingerprint density at radius 2 is 2.06 bits per heavy atom. The van der Waals surface area contributed by atoms with Gasteiger partial charge in [-0.05, 0) is 13.0 Å². The highest BCUT2D eigenvalue weighted by Crippen LogP contribution is 2.38. The van der Waals surface area contributed by atoms with Crippen LogP contribution in [0.3, 0.4) is 0 Å². The van der Waals surface area contributed by atoms with Crippen molar-refractivity contribution < 1.29 is 8.42 Å². The highest BCUT2D eigenvalue weighted by Gasteiger charge is 2.49. The molecule has 0 saturated carbocycles. The van der Waals surface area contributed by atoms with Crippen LogP contribution in [0.5, 0.6) is 0 Å². The van der Waals surface area contributed by atoms with Gasteiger partial charge in [-0.2, -0.15) is 19.8 Å². The molecule has 1 aliphatic rings. The number of fused-ring (bicyclic) bond motifs is 1. The van der Waals surface area contributed by atoms with Gasteiger partial charge in [0.1, 0.15) is 5.54 Å². The van der Waals surface area contributed by atoms with E-state index in [4.69, 9.17) is 16.6 Å². The molecule has 14 heteroatoms. The van der Waals surface area contributed by atoms with Crippen LogP contribution in [0.1, 0.15) is 13.3 Å². The molecule has 0 aliphatic carbocycles. The van der Waals surface area contributed by atoms with Crippen LogP contribution in [-0.4, -0.2) is 61.1 Å². The summed E-state index contributed by atoms with van der Waals surface area (Å²) in [6.07, 6.45) is 7.09. The van der Waals surface area contributed by atoms with Gasteiger partial charge >= 0.3 is 0 Å². The summed E-state index contributed by atoms with van der Waals surface area (Å²) in [4.78, 5) is 9.28. The molecule has 0 atom stereocenters. The second-order valence-electron chi connectivity index (χ2n) is 8.09. The van der Waals surface area contributed by atoms with Gasteiger partial charge in [0.05, 0.1) is 56.6 Å². The first-order valence-corrected chi connectivity index (χ1v) is 13.2. The molecule has 1 fully saturated rings. The highest BCUT2D eigenvalue weighted by atomic mass is 35.5. The van der Waals surface area contributed by atoms with Crippen molar-refractivity contribution in [3.05, 3.63) is 35.2 Å². The number of nitrogens with one attached hydrogen (secondary N) is 1. The third-order valence-corrected chi connectivity index (χ3v) is 8.79. The molecule has 5 heterocycles. The number of nitrogens with zero attached hydrogens (tertiary/aromatic N) is 8. The van der Waals surface area contributed by atoms with E-state index in [1.807, 2.05) is 13.2 Å². The molecule has 176 valence electrons. The SMILES string of the molecule is CCS(=O)(=O)N1CC(CC#N)(n2cc(-c3nc(Nc4cnn(C)c4)nc4cc(Cl)sc34)cn2)C1. The Kier molecular flexibility index (Phi) is 5.56. The molecule has 4 aromatic heterocycles. The number of sulfonamides is 1. The fourth-order valence-electron chi connectivity index (χ4n) is 3.95. The first kappa shape index (κ1) is 22.7. The van der Waals surface area contributed by atoms with Gasteiger partial charge in [0.15, 0.2) is 0 Å². The second-order valence-corrected chi connectivity index (χ2v) is 12.0. The van der Waals surface area contributed by atoms with Gasteiger partial charge < -0.3 is 5.32 Å². The number of hydrogen-bond acceptors (Lipinski definition) is 9. The Morgan fingerprint density at radius 3 is 2.74 bits per heavy atom. The summed E-state index contributed by atoms with van der Waals surface area (Å²) in [6, 6.07) is 3.96. The molecular formula is C20H20ClN9O2S2. The van der Waals surface area contributed by atoms with Crippen LogP contribution < -0.4 is 5.32 Å². The van der Waals surface area contributed by atoms with Crippen molar-refractivity contribution in [1.82, 2.24) is 33.8 Å². The topological polar surface area (TPSA) is 135 Å². The molecule has 0 aromatic carbocycles. The lowest BCUT2D eigenvalue weighted by molar-refractivity contribution is 0.0719. The van der Waals surface area contributed by atoms with Gasteiger partial charge in [-0.3, -0.25) is 9.36 Å². The van der Waals surface area contributed by atoms with Crippen molar-refractivity contribution in [1.29, 1.82) is 5.26 Å². The predicted molar refractivity (Wildman–Crippen MR) is 129 cm³/mol. The zero-order chi connectivity index (χ0) is 24.1. The molecule has 0 spiro atoms. The molecule has 0 radical (unpaired) electrons. The minimum Gasteiger partial charge on any atom is -0.321 e. The summed E-state index contributed by atoms with van der Waals surface area (Å²) in [5, 5.41) is 21.2. The Labute approximate surface area is 204 Å². The molecule has 1 aliphatic heterocycles. The number of thiophene rings is 1. The first-order valence-electron chi connectivity index (χ1n) is 10.4. The number of hydrogen-bond donors (Lipinski definition) is 1. The van der Waals surface area contributed by atoms with Crippen molar-refractivity contribution in [2.75, 3.05) is 24.2 Å². The lowest BCUT2D eigenvalue weighted by atomic mass is 9.89. The van der Waals surface area contributed by atoms with Crippen LogP contribution in [-0.2, 0) is 22.6 Å². The number of rotatable bonds is 7. The molecule has 1 N–H and O–H groups in total. The second kappa shape index (κ2) is 8.31. The summed E-state index contributed by atoms with van der Waals surface area (Å²) in [6.45, 7) is 2.01. The quantitative estimate of drug-likeness (QED) is 0.395. The monoisotopic (exact) mass is 517 g/mol. The first-order chi connectivity index (χ1) is 16.2. The summed E-state index contributed by atoms with van der Waals surface area (Å²) in [5.41, 5.74) is 2.07. The van der Waals surface area contributed by atoms with Crippen LogP contribution >= 0.6 is 22.9 Å². The maximum absolute atomic E-state index is 12.2. The van der Waals surface area contributed by atoms with Crippen molar-refractivity contribution in [2.45, 2.75) is 18.9 Å². The minimum absolute atomic E-state index is 0.0186. The zero-order valence-electron chi connectivity index (χ0n) is 18.3. The standard InChI is InChI=1S/C20H20ClN9O2S2/c1-3-34(31,32)29-11-20(12-29,4-5-22)30-9-13(7-24-30)17-18-15(6-16(21)33-18)26-19(27-17)25-14-8-23-28(2)10-14/h6-10H,3-4,11-12H2,1-2H3,(H,25,26,27). The third-order valence-electron chi connectivity index (χ3n) is 5.75. The van der Waals surface area contributed by atoms with E-state index in [2.05, 4.69) is 26.6 Å². The minimum atomic E-state index is -3.33. The Morgan fingerprint density at radius 1 is 1.26 bits per heavy atom. The van der Waals surface area contributed by atoms with E-state index in [1.54, 1.807) is 40.9 Å². The maximum Gasteiger partial charge on any atom is 0.228 e. The molecule has 5 rings (SSSR count). The van der Waals surface area contributed by atoms with Crippen LogP contribution in [0.15, 0.2) is 30.9 Å². The number of aromatic nitrogens is 6. The summed E-state index contributed by atoms with van der Waals surface area (Å²) in [5.74, 6) is 0.401. The molecule has 4 aromatic rings. The summed E-state index contributed by atoms with van der Waals surface area (Å²) < 4.78 is 30.6. The molecular weight excluding hydrogens is 498 g/mol. The number of halogens is 1. The lowest BCUT2D eigenvalue weighted by Crippen LogP contribution is -2.64. The fraction of sp³-hybridized carbons (Fsp3) is 0.350. The van der Waals surface area contributed by atoms with Gasteiger partial charge in [-0.15, -0.1) is 11.3 Å². The van der Waals surface area contributed by atoms with E-state index in [9.17, 15) is 13.7 Å². The van der Waals surface area contributed by atoms with Crippen molar-refractivity contribution >= 4 is 54.8 Å².